The highest BCUT2D eigenvalue weighted by Crippen LogP contribution is 2.30. The molecule has 7 heteroatoms. The predicted octanol–water partition coefficient (Wildman–Crippen LogP) is 3.83. The van der Waals surface area contributed by atoms with Gasteiger partial charge in [0.2, 0.25) is 0 Å². The first-order valence-electron chi connectivity index (χ1n) is 11.1. The van der Waals surface area contributed by atoms with Crippen molar-refractivity contribution < 1.29 is 13.9 Å². The number of carbonyl (C=O) groups excluding carboxylic acids is 1. The maximum Gasteiger partial charge on any atom is 0.272 e. The monoisotopic (exact) mass is 434 g/mol. The molecule has 3 heterocycles. The molecule has 2 unspecified atom stereocenters. The van der Waals surface area contributed by atoms with E-state index in [1.165, 1.54) is 12.1 Å². The molecule has 2 aliphatic heterocycles. The number of nitrogens with zero attached hydrogens (tertiary/aromatic N) is 3. The van der Waals surface area contributed by atoms with Gasteiger partial charge in [0.1, 0.15) is 5.82 Å². The number of halogens is 1. The lowest BCUT2D eigenvalue weighted by Gasteiger charge is -2.48. The minimum absolute atomic E-state index is 0.0662. The number of allylic oxidation sites excluding steroid dienone is 1. The van der Waals surface area contributed by atoms with Crippen LogP contribution in [-0.4, -0.2) is 51.9 Å². The zero-order chi connectivity index (χ0) is 22.1. The lowest BCUT2D eigenvalue weighted by atomic mass is 9.89. The molecule has 32 heavy (non-hydrogen) atoms. The van der Waals surface area contributed by atoms with Crippen molar-refractivity contribution in [2.75, 3.05) is 13.2 Å². The van der Waals surface area contributed by atoms with Crippen molar-refractivity contribution in [2.24, 2.45) is 0 Å². The van der Waals surface area contributed by atoms with Gasteiger partial charge in [-0.1, -0.05) is 36.4 Å². The molecule has 1 N–H and O–H groups in total. The third-order valence-corrected chi connectivity index (χ3v) is 6.40. The van der Waals surface area contributed by atoms with Gasteiger partial charge in [-0.15, -0.1) is 0 Å². The molecular weight excluding hydrogens is 407 g/mol. The number of fused-ring (bicyclic) bond motifs is 3. The summed E-state index contributed by atoms with van der Waals surface area (Å²) in [6.45, 7) is 3.97. The Kier molecular flexibility index (Phi) is 5.76. The Bertz CT molecular complexity index is 1130. The molecule has 5 rings (SSSR count). The number of aromatic nitrogens is 2. The molecule has 166 valence electrons. The maximum absolute atomic E-state index is 13.3. The van der Waals surface area contributed by atoms with E-state index in [1.807, 2.05) is 55.6 Å². The van der Waals surface area contributed by atoms with E-state index in [0.717, 1.165) is 35.9 Å². The molecule has 2 bridgehead atoms. The third kappa shape index (κ3) is 4.06. The zero-order valence-corrected chi connectivity index (χ0v) is 18.1. The largest absolute Gasteiger partial charge is 0.378 e. The molecule has 2 fully saturated rings. The van der Waals surface area contributed by atoms with E-state index in [9.17, 15) is 9.18 Å². The fraction of sp³-hybridized carbons (Fsp3) is 0.360. The topological polar surface area (TPSA) is 59.4 Å². The summed E-state index contributed by atoms with van der Waals surface area (Å²) < 4.78 is 20.8. The molecule has 0 aliphatic carbocycles. The van der Waals surface area contributed by atoms with Gasteiger partial charge in [0, 0.05) is 36.3 Å². The van der Waals surface area contributed by atoms with Crippen LogP contribution in [0.25, 0.3) is 17.1 Å². The smallest absolute Gasteiger partial charge is 0.272 e. The van der Waals surface area contributed by atoms with Gasteiger partial charge in [-0.2, -0.15) is 5.10 Å². The van der Waals surface area contributed by atoms with E-state index in [-0.39, 0.29) is 29.8 Å². The van der Waals surface area contributed by atoms with Crippen LogP contribution in [0.2, 0.25) is 0 Å². The molecule has 0 saturated carbocycles. The van der Waals surface area contributed by atoms with E-state index in [0.29, 0.717) is 18.9 Å². The van der Waals surface area contributed by atoms with E-state index < -0.39 is 0 Å². The lowest BCUT2D eigenvalue weighted by molar-refractivity contribution is -0.0843. The number of amides is 1. The highest BCUT2D eigenvalue weighted by atomic mass is 19.1. The van der Waals surface area contributed by atoms with E-state index in [2.05, 4.69) is 15.3 Å². The third-order valence-electron chi connectivity index (χ3n) is 6.40. The average molecular weight is 435 g/mol. The van der Waals surface area contributed by atoms with Crippen LogP contribution < -0.4 is 5.32 Å². The van der Waals surface area contributed by atoms with Crippen LogP contribution in [-0.2, 0) is 11.3 Å². The van der Waals surface area contributed by atoms with Gasteiger partial charge in [-0.3, -0.25) is 9.69 Å². The number of morpholine rings is 1. The van der Waals surface area contributed by atoms with E-state index >= 15 is 0 Å². The van der Waals surface area contributed by atoms with Gasteiger partial charge < -0.3 is 10.1 Å². The molecule has 6 nitrogen and oxygen atoms in total. The first-order valence-corrected chi connectivity index (χ1v) is 11.1. The Labute approximate surface area is 186 Å². The molecule has 2 saturated heterocycles. The number of rotatable bonds is 5. The second-order valence-corrected chi connectivity index (χ2v) is 8.58. The second kappa shape index (κ2) is 8.84. The van der Waals surface area contributed by atoms with Crippen molar-refractivity contribution in [3.8, 4) is 0 Å². The minimum atomic E-state index is -0.219. The summed E-state index contributed by atoms with van der Waals surface area (Å²) in [5, 5.41) is 8.63. The number of hydrogen-bond donors (Lipinski definition) is 1. The number of benzene rings is 2. The minimum Gasteiger partial charge on any atom is -0.378 e. The highest BCUT2D eigenvalue weighted by Gasteiger charge is 2.39. The van der Waals surface area contributed by atoms with Crippen molar-refractivity contribution in [1.29, 1.82) is 0 Å². The van der Waals surface area contributed by atoms with Gasteiger partial charge in [0.25, 0.3) is 5.91 Å². The van der Waals surface area contributed by atoms with Crippen LogP contribution in [0.15, 0.2) is 54.6 Å². The second-order valence-electron chi connectivity index (χ2n) is 8.58. The first kappa shape index (κ1) is 20.8. The summed E-state index contributed by atoms with van der Waals surface area (Å²) in [5.74, 6) is -0.358. The molecule has 2 atom stereocenters. The standard InChI is InChI=1S/C25H27FN4O2/c1-2-11-30-23-6-4-3-5-22(23)24(28-30)25(31)27-19-12-20-15-32-16-21(13-19)29(20)14-17-7-9-18(26)10-8-17/h2-11,19-21H,12-16H2,1H3,(H,27,31). The summed E-state index contributed by atoms with van der Waals surface area (Å²) in [6.07, 6.45) is 5.39. The van der Waals surface area contributed by atoms with Crippen LogP contribution >= 0.6 is 0 Å². The van der Waals surface area contributed by atoms with Crippen molar-refractivity contribution in [2.45, 2.75) is 44.4 Å². The Morgan fingerprint density at radius 3 is 2.59 bits per heavy atom. The molecular formula is C25H27FN4O2. The van der Waals surface area contributed by atoms with Gasteiger partial charge in [-0.05, 0) is 43.5 Å². The molecule has 1 aromatic heterocycles. The Balaban J connectivity index is 1.31. The Morgan fingerprint density at radius 2 is 1.88 bits per heavy atom. The number of hydrogen-bond acceptors (Lipinski definition) is 4. The quantitative estimate of drug-likeness (QED) is 0.663. The molecule has 3 aromatic rings. The summed E-state index contributed by atoms with van der Waals surface area (Å²) >= 11 is 0. The number of para-hydroxylation sites is 1. The van der Waals surface area contributed by atoms with E-state index in [4.69, 9.17) is 4.74 Å². The summed E-state index contributed by atoms with van der Waals surface area (Å²) in [6, 6.07) is 15.0. The summed E-state index contributed by atoms with van der Waals surface area (Å²) in [7, 11) is 0. The molecule has 1 amide bonds. The summed E-state index contributed by atoms with van der Waals surface area (Å²) in [4.78, 5) is 15.6. The van der Waals surface area contributed by atoms with Crippen LogP contribution in [0.4, 0.5) is 4.39 Å². The fourth-order valence-electron chi connectivity index (χ4n) is 4.93. The molecule has 2 aromatic carbocycles. The first-order chi connectivity index (χ1) is 15.6. The molecule has 2 aliphatic rings. The van der Waals surface area contributed by atoms with Crippen molar-refractivity contribution in [3.63, 3.8) is 0 Å². The number of ether oxygens (including phenoxy) is 1. The van der Waals surface area contributed by atoms with Crippen LogP contribution in [0, 0.1) is 5.82 Å². The highest BCUT2D eigenvalue weighted by molar-refractivity contribution is 6.05. The SMILES string of the molecule is CC=Cn1nc(C(=O)NC2CC3COCC(C2)N3Cc2ccc(F)cc2)c2ccccc21. The van der Waals surface area contributed by atoms with Crippen LogP contribution in [0.3, 0.4) is 0 Å². The zero-order valence-electron chi connectivity index (χ0n) is 18.1. The van der Waals surface area contributed by atoms with Crippen LogP contribution in [0.5, 0.6) is 0 Å². The molecule has 0 spiro atoms. The number of carbonyl (C=O) groups is 1. The lowest BCUT2D eigenvalue weighted by Crippen LogP contribution is -2.60. The average Bonchev–Trinajstić information content (AvgIpc) is 3.15. The normalized spacial score (nSPS) is 23.6. The van der Waals surface area contributed by atoms with Gasteiger partial charge in [0.15, 0.2) is 5.69 Å². The number of nitrogens with one attached hydrogen (secondary N) is 1. The van der Waals surface area contributed by atoms with Gasteiger partial charge >= 0.3 is 0 Å². The number of piperidine rings is 1. The molecule has 0 radical (unpaired) electrons. The van der Waals surface area contributed by atoms with Crippen molar-refractivity contribution in [3.05, 3.63) is 71.7 Å². The Morgan fingerprint density at radius 1 is 1.16 bits per heavy atom. The maximum atomic E-state index is 13.3. The predicted molar refractivity (Wildman–Crippen MR) is 122 cm³/mol. The van der Waals surface area contributed by atoms with Crippen molar-refractivity contribution >= 4 is 23.0 Å². The summed E-state index contributed by atoms with van der Waals surface area (Å²) in [5.41, 5.74) is 2.45. The van der Waals surface area contributed by atoms with E-state index in [1.54, 1.807) is 4.68 Å². The van der Waals surface area contributed by atoms with Crippen LogP contribution in [0.1, 0.15) is 35.8 Å². The Hall–Kier alpha value is -3.03. The van der Waals surface area contributed by atoms with Crippen molar-refractivity contribution in [1.82, 2.24) is 20.0 Å². The fourth-order valence-corrected chi connectivity index (χ4v) is 4.93. The van der Waals surface area contributed by atoms with Gasteiger partial charge in [0.05, 0.1) is 18.7 Å². The van der Waals surface area contributed by atoms with Gasteiger partial charge in [-0.25, -0.2) is 9.07 Å².